The first-order valence-electron chi connectivity index (χ1n) is 6.51. The van der Waals surface area contributed by atoms with Crippen LogP contribution in [0.4, 0.5) is 10.5 Å². The number of rotatable bonds is 6. The number of carbonyl (C=O) groups excluding carboxylic acids is 1. The summed E-state index contributed by atoms with van der Waals surface area (Å²) >= 11 is 0. The monoisotopic (exact) mass is 290 g/mol. The SMILES string of the molecule is COc1cccc(NC(=O)NCCc2ccoc2)c1OC. The maximum absolute atomic E-state index is 11.9. The minimum atomic E-state index is -0.301. The molecular weight excluding hydrogens is 272 g/mol. The fraction of sp³-hybridized carbons (Fsp3) is 0.267. The van der Waals surface area contributed by atoms with E-state index in [0.717, 1.165) is 5.56 Å². The zero-order valence-corrected chi connectivity index (χ0v) is 12.0. The van der Waals surface area contributed by atoms with E-state index < -0.39 is 0 Å². The predicted octanol–water partition coefficient (Wildman–Crippen LogP) is 2.66. The number of nitrogens with one attached hydrogen (secondary N) is 2. The van der Waals surface area contributed by atoms with Gasteiger partial charge in [0.25, 0.3) is 0 Å². The van der Waals surface area contributed by atoms with Crippen molar-refractivity contribution in [2.75, 3.05) is 26.1 Å². The summed E-state index contributed by atoms with van der Waals surface area (Å²) < 4.78 is 15.4. The Morgan fingerprint density at radius 3 is 2.76 bits per heavy atom. The summed E-state index contributed by atoms with van der Waals surface area (Å²) in [5, 5.41) is 5.51. The summed E-state index contributed by atoms with van der Waals surface area (Å²) in [6.07, 6.45) is 3.97. The third kappa shape index (κ3) is 3.92. The fourth-order valence-electron chi connectivity index (χ4n) is 1.91. The molecule has 0 atom stereocenters. The van der Waals surface area contributed by atoms with Crippen LogP contribution in [0.1, 0.15) is 5.56 Å². The topological polar surface area (TPSA) is 72.7 Å². The van der Waals surface area contributed by atoms with E-state index in [1.54, 1.807) is 37.8 Å². The molecule has 0 saturated heterocycles. The van der Waals surface area contributed by atoms with E-state index in [9.17, 15) is 4.79 Å². The van der Waals surface area contributed by atoms with Gasteiger partial charge in [-0.2, -0.15) is 0 Å². The third-order valence-corrected chi connectivity index (χ3v) is 2.93. The van der Waals surface area contributed by atoms with Gasteiger partial charge in [-0.25, -0.2) is 4.79 Å². The van der Waals surface area contributed by atoms with Crippen LogP contribution in [0.25, 0.3) is 0 Å². The molecule has 0 aliphatic rings. The lowest BCUT2D eigenvalue weighted by atomic mass is 10.2. The summed E-state index contributed by atoms with van der Waals surface area (Å²) in [5.74, 6) is 1.05. The number of amides is 2. The van der Waals surface area contributed by atoms with Gasteiger partial charge in [0.1, 0.15) is 0 Å². The number of benzene rings is 1. The summed E-state index contributed by atoms with van der Waals surface area (Å²) in [7, 11) is 3.08. The molecule has 0 aliphatic heterocycles. The molecule has 0 bridgehead atoms. The highest BCUT2D eigenvalue weighted by Gasteiger charge is 2.11. The van der Waals surface area contributed by atoms with Gasteiger partial charge in [0, 0.05) is 6.54 Å². The number of methoxy groups -OCH3 is 2. The maximum Gasteiger partial charge on any atom is 0.319 e. The van der Waals surface area contributed by atoms with Crippen molar-refractivity contribution < 1.29 is 18.7 Å². The average Bonchev–Trinajstić information content (AvgIpc) is 3.00. The number of para-hydroxylation sites is 1. The Balaban J connectivity index is 1.90. The molecule has 0 aliphatic carbocycles. The first kappa shape index (κ1) is 14.8. The molecule has 1 aromatic carbocycles. The molecule has 2 rings (SSSR count). The number of carbonyl (C=O) groups is 1. The van der Waals surface area contributed by atoms with Crippen LogP contribution in [-0.4, -0.2) is 26.8 Å². The van der Waals surface area contributed by atoms with Gasteiger partial charge in [0.15, 0.2) is 11.5 Å². The highest BCUT2D eigenvalue weighted by Crippen LogP contribution is 2.34. The Kier molecular flexibility index (Phi) is 5.09. The summed E-state index contributed by atoms with van der Waals surface area (Å²) in [4.78, 5) is 11.9. The molecular formula is C15H18N2O4. The lowest BCUT2D eigenvalue weighted by Crippen LogP contribution is -2.30. The Morgan fingerprint density at radius 1 is 1.24 bits per heavy atom. The van der Waals surface area contributed by atoms with E-state index >= 15 is 0 Å². The number of urea groups is 1. The van der Waals surface area contributed by atoms with Crippen molar-refractivity contribution in [2.45, 2.75) is 6.42 Å². The summed E-state index contributed by atoms with van der Waals surface area (Å²) in [6, 6.07) is 6.86. The first-order chi connectivity index (χ1) is 10.2. The number of hydrogen-bond acceptors (Lipinski definition) is 4. The number of furan rings is 1. The predicted molar refractivity (Wildman–Crippen MR) is 79.0 cm³/mol. The molecule has 2 aromatic rings. The largest absolute Gasteiger partial charge is 0.493 e. The fourth-order valence-corrected chi connectivity index (χ4v) is 1.91. The van der Waals surface area contributed by atoms with Crippen LogP contribution >= 0.6 is 0 Å². The molecule has 0 radical (unpaired) electrons. The van der Waals surface area contributed by atoms with Gasteiger partial charge in [0.2, 0.25) is 0 Å². The van der Waals surface area contributed by atoms with Crippen LogP contribution in [0, 0.1) is 0 Å². The summed E-state index contributed by atoms with van der Waals surface area (Å²) in [5.41, 5.74) is 1.59. The molecule has 6 heteroatoms. The van der Waals surface area contributed by atoms with Gasteiger partial charge in [-0.05, 0) is 30.2 Å². The van der Waals surface area contributed by atoms with E-state index in [-0.39, 0.29) is 6.03 Å². The second-order valence-corrected chi connectivity index (χ2v) is 4.30. The van der Waals surface area contributed by atoms with Crippen LogP contribution in [0.15, 0.2) is 41.2 Å². The van der Waals surface area contributed by atoms with Gasteiger partial charge in [-0.15, -0.1) is 0 Å². The molecule has 0 unspecified atom stereocenters. The first-order valence-corrected chi connectivity index (χ1v) is 6.51. The standard InChI is InChI=1S/C15H18N2O4/c1-19-13-5-3-4-12(14(13)20-2)17-15(18)16-8-6-11-7-9-21-10-11/h3-5,7,9-10H,6,8H2,1-2H3,(H2,16,17,18). The normalized spacial score (nSPS) is 10.0. The van der Waals surface area contributed by atoms with Crippen molar-refractivity contribution in [1.82, 2.24) is 5.32 Å². The van der Waals surface area contributed by atoms with Gasteiger partial charge in [-0.1, -0.05) is 6.07 Å². The van der Waals surface area contributed by atoms with Crippen LogP contribution in [0.3, 0.4) is 0 Å². The number of hydrogen-bond donors (Lipinski definition) is 2. The second-order valence-electron chi connectivity index (χ2n) is 4.30. The molecule has 1 aromatic heterocycles. The quantitative estimate of drug-likeness (QED) is 0.858. The highest BCUT2D eigenvalue weighted by molar-refractivity contribution is 5.91. The molecule has 2 amide bonds. The van der Waals surface area contributed by atoms with Crippen molar-refractivity contribution >= 4 is 11.7 Å². The van der Waals surface area contributed by atoms with Crippen molar-refractivity contribution in [3.05, 3.63) is 42.4 Å². The highest BCUT2D eigenvalue weighted by atomic mass is 16.5. The van der Waals surface area contributed by atoms with Gasteiger partial charge in [0.05, 0.1) is 32.4 Å². The van der Waals surface area contributed by atoms with E-state index in [1.165, 1.54) is 7.11 Å². The maximum atomic E-state index is 11.9. The van der Waals surface area contributed by atoms with Crippen molar-refractivity contribution in [2.24, 2.45) is 0 Å². The Labute approximate surface area is 123 Å². The van der Waals surface area contributed by atoms with Crippen LogP contribution in [-0.2, 0) is 6.42 Å². The lowest BCUT2D eigenvalue weighted by molar-refractivity contribution is 0.252. The lowest BCUT2D eigenvalue weighted by Gasteiger charge is -2.13. The molecule has 1 heterocycles. The minimum Gasteiger partial charge on any atom is -0.493 e. The second kappa shape index (κ2) is 7.23. The molecule has 112 valence electrons. The number of anilines is 1. The Bertz CT molecular complexity index is 581. The zero-order valence-electron chi connectivity index (χ0n) is 12.0. The van der Waals surface area contributed by atoms with Crippen molar-refractivity contribution in [3.8, 4) is 11.5 Å². The Morgan fingerprint density at radius 2 is 2.10 bits per heavy atom. The van der Waals surface area contributed by atoms with Crippen LogP contribution in [0.5, 0.6) is 11.5 Å². The van der Waals surface area contributed by atoms with E-state index in [0.29, 0.717) is 30.2 Å². The van der Waals surface area contributed by atoms with Crippen molar-refractivity contribution in [1.29, 1.82) is 0 Å². The van der Waals surface area contributed by atoms with Crippen molar-refractivity contribution in [3.63, 3.8) is 0 Å². The van der Waals surface area contributed by atoms with Crippen LogP contribution in [0.2, 0.25) is 0 Å². The van der Waals surface area contributed by atoms with E-state index in [1.807, 2.05) is 6.07 Å². The average molecular weight is 290 g/mol. The zero-order chi connectivity index (χ0) is 15.1. The molecule has 21 heavy (non-hydrogen) atoms. The summed E-state index contributed by atoms with van der Waals surface area (Å²) in [6.45, 7) is 0.512. The van der Waals surface area contributed by atoms with E-state index in [4.69, 9.17) is 13.9 Å². The van der Waals surface area contributed by atoms with Crippen LogP contribution < -0.4 is 20.1 Å². The number of ether oxygens (including phenoxy) is 2. The minimum absolute atomic E-state index is 0.301. The third-order valence-electron chi connectivity index (χ3n) is 2.93. The molecule has 0 fully saturated rings. The Hall–Kier alpha value is -2.63. The smallest absolute Gasteiger partial charge is 0.319 e. The molecule has 6 nitrogen and oxygen atoms in total. The van der Waals surface area contributed by atoms with E-state index in [2.05, 4.69) is 10.6 Å². The van der Waals surface area contributed by atoms with Gasteiger partial charge in [-0.3, -0.25) is 0 Å². The van der Waals surface area contributed by atoms with Gasteiger partial charge >= 0.3 is 6.03 Å². The molecule has 0 saturated carbocycles. The molecule has 0 spiro atoms. The van der Waals surface area contributed by atoms with Gasteiger partial charge < -0.3 is 24.5 Å². The molecule has 2 N–H and O–H groups in total.